The fraction of sp³-hybridized carbons (Fsp3) is 0.0769. The lowest BCUT2D eigenvalue weighted by atomic mass is 10.2. The molecule has 2 rings (SSSR count). The van der Waals surface area contributed by atoms with Gasteiger partial charge in [0.05, 0.1) is 0 Å². The van der Waals surface area contributed by atoms with Crippen molar-refractivity contribution in [1.82, 2.24) is 0 Å². The summed E-state index contributed by atoms with van der Waals surface area (Å²) in [4.78, 5) is 1.06. The minimum atomic E-state index is -0.201. The molecule has 0 aliphatic heterocycles. The number of anilines is 1. The fourth-order valence-electron chi connectivity index (χ4n) is 1.35. The summed E-state index contributed by atoms with van der Waals surface area (Å²) in [5.74, 6) is 0.599. The summed E-state index contributed by atoms with van der Waals surface area (Å²) in [5.41, 5.74) is 7.71. The van der Waals surface area contributed by atoms with Crippen LogP contribution in [0, 0.1) is 5.82 Å². The van der Waals surface area contributed by atoms with E-state index in [1.165, 1.54) is 12.1 Å². The van der Waals surface area contributed by atoms with Gasteiger partial charge in [0, 0.05) is 16.3 Å². The molecule has 1 nitrogen and oxygen atoms in total. The molecule has 0 aliphatic rings. The van der Waals surface area contributed by atoms with Gasteiger partial charge in [0.15, 0.2) is 0 Å². The van der Waals surface area contributed by atoms with Crippen molar-refractivity contribution in [2.24, 2.45) is 0 Å². The monoisotopic (exact) mass is 268 g/mol. The zero-order chi connectivity index (χ0) is 11.4. The van der Waals surface area contributed by atoms with E-state index in [-0.39, 0.29) is 18.2 Å². The molecule has 0 spiro atoms. The Bertz CT molecular complexity index is 473. The molecule has 2 aromatic rings. The summed E-state index contributed by atoms with van der Waals surface area (Å²) in [6, 6.07) is 14.3. The molecule has 0 bridgehead atoms. The normalized spacial score (nSPS) is 9.71. The molecule has 0 saturated heterocycles. The first-order chi connectivity index (χ1) is 7.75. The third-order valence-electron chi connectivity index (χ3n) is 2.23. The van der Waals surface area contributed by atoms with Gasteiger partial charge in [-0.05, 0) is 29.8 Å². The van der Waals surface area contributed by atoms with Crippen LogP contribution in [0.25, 0.3) is 0 Å². The van der Waals surface area contributed by atoms with Crippen LogP contribution in [0.2, 0.25) is 0 Å². The highest BCUT2D eigenvalue weighted by Crippen LogP contribution is 2.27. The molecule has 0 fully saturated rings. The number of nitrogens with two attached hydrogens (primary N) is 1. The summed E-state index contributed by atoms with van der Waals surface area (Å²) in [6.07, 6.45) is 0. The van der Waals surface area contributed by atoms with Gasteiger partial charge in [0.2, 0.25) is 0 Å². The van der Waals surface area contributed by atoms with Crippen LogP contribution in [-0.4, -0.2) is 0 Å². The van der Waals surface area contributed by atoms with Crippen LogP contribution in [-0.2, 0) is 5.75 Å². The van der Waals surface area contributed by atoms with Crippen LogP contribution in [0.3, 0.4) is 0 Å². The molecule has 0 radical (unpaired) electrons. The minimum absolute atomic E-state index is 0. The zero-order valence-electron chi connectivity index (χ0n) is 9.07. The van der Waals surface area contributed by atoms with Gasteiger partial charge in [-0.1, -0.05) is 24.3 Å². The van der Waals surface area contributed by atoms with Gasteiger partial charge < -0.3 is 18.1 Å². The molecule has 17 heavy (non-hydrogen) atoms. The van der Waals surface area contributed by atoms with Gasteiger partial charge in [-0.25, -0.2) is 4.39 Å². The summed E-state index contributed by atoms with van der Waals surface area (Å²) < 4.78 is 12.7. The van der Waals surface area contributed by atoms with Crippen molar-refractivity contribution in [1.29, 1.82) is 0 Å². The van der Waals surface area contributed by atoms with Crippen molar-refractivity contribution >= 4 is 17.4 Å². The predicted molar refractivity (Wildman–Crippen MR) is 66.8 cm³/mol. The quantitative estimate of drug-likeness (QED) is 0.655. The van der Waals surface area contributed by atoms with Gasteiger partial charge in [0.1, 0.15) is 5.82 Å². The van der Waals surface area contributed by atoms with E-state index >= 15 is 0 Å². The van der Waals surface area contributed by atoms with E-state index in [1.807, 2.05) is 24.3 Å². The molecule has 2 aromatic carbocycles. The van der Waals surface area contributed by atoms with E-state index < -0.39 is 0 Å². The molecule has 2 N–H and O–H groups in total. The van der Waals surface area contributed by atoms with Gasteiger partial charge in [0.25, 0.3) is 0 Å². The minimum Gasteiger partial charge on any atom is -1.00 e. The summed E-state index contributed by atoms with van der Waals surface area (Å²) >= 11 is 1.66. The first-order valence-electron chi connectivity index (χ1n) is 4.97. The van der Waals surface area contributed by atoms with Gasteiger partial charge in [-0.15, -0.1) is 11.8 Å². The Hall–Kier alpha value is -1.19. The maximum absolute atomic E-state index is 12.7. The number of halogens is 2. The Kier molecular flexibility index (Phi) is 5.32. The van der Waals surface area contributed by atoms with Crippen molar-refractivity contribution in [3.05, 3.63) is 59.9 Å². The highest BCUT2D eigenvalue weighted by molar-refractivity contribution is 7.98. The lowest BCUT2D eigenvalue weighted by Gasteiger charge is -2.04. The van der Waals surface area contributed by atoms with Crippen molar-refractivity contribution in [3.8, 4) is 0 Å². The van der Waals surface area contributed by atoms with Gasteiger partial charge >= 0.3 is 0 Å². The number of rotatable bonds is 3. The number of nitrogen functional groups attached to an aromatic ring is 1. The number of para-hydroxylation sites is 1. The average Bonchev–Trinajstić information content (AvgIpc) is 2.30. The Labute approximate surface area is 111 Å². The standard InChI is InChI=1S/C13H12FNS.ClH/c14-11-7-5-10(6-8-11)9-16-13-4-2-1-3-12(13)15;/h1-8H,9,15H2;1H/p-1. The highest BCUT2D eigenvalue weighted by Gasteiger charge is 1.99. The van der Waals surface area contributed by atoms with Crippen LogP contribution >= 0.6 is 11.8 Å². The van der Waals surface area contributed by atoms with E-state index in [2.05, 4.69) is 0 Å². The Morgan fingerprint density at radius 1 is 1.00 bits per heavy atom. The summed E-state index contributed by atoms with van der Waals surface area (Å²) in [5, 5.41) is 0. The average molecular weight is 269 g/mol. The van der Waals surface area contributed by atoms with Gasteiger partial charge in [-0.3, -0.25) is 0 Å². The number of hydrogen-bond donors (Lipinski definition) is 1. The van der Waals surface area contributed by atoms with Crippen LogP contribution in [0.5, 0.6) is 0 Å². The molecule has 0 aliphatic carbocycles. The van der Waals surface area contributed by atoms with E-state index in [0.717, 1.165) is 21.9 Å². The topological polar surface area (TPSA) is 26.0 Å². The SMILES string of the molecule is Nc1ccccc1SCc1ccc(F)cc1.[Cl-]. The molecular weight excluding hydrogens is 257 g/mol. The van der Waals surface area contributed by atoms with Crippen molar-refractivity contribution in [2.45, 2.75) is 10.6 Å². The highest BCUT2D eigenvalue weighted by atomic mass is 35.5. The van der Waals surface area contributed by atoms with Gasteiger partial charge in [-0.2, -0.15) is 0 Å². The second kappa shape index (κ2) is 6.52. The van der Waals surface area contributed by atoms with E-state index in [9.17, 15) is 4.39 Å². The molecule has 4 heteroatoms. The number of thioether (sulfide) groups is 1. The fourth-order valence-corrected chi connectivity index (χ4v) is 2.28. The molecule has 90 valence electrons. The van der Waals surface area contributed by atoms with E-state index in [0.29, 0.717) is 0 Å². The Balaban J connectivity index is 0.00000144. The second-order valence-electron chi connectivity index (χ2n) is 3.45. The first kappa shape index (κ1) is 13.9. The predicted octanol–water partition coefficient (Wildman–Crippen LogP) is 0.704. The third kappa shape index (κ3) is 3.95. The molecule has 0 atom stereocenters. The zero-order valence-corrected chi connectivity index (χ0v) is 10.6. The lowest BCUT2D eigenvalue weighted by Crippen LogP contribution is -3.00. The summed E-state index contributed by atoms with van der Waals surface area (Å²) in [6.45, 7) is 0. The smallest absolute Gasteiger partial charge is 0.123 e. The maximum atomic E-state index is 12.7. The van der Waals surface area contributed by atoms with Crippen LogP contribution < -0.4 is 18.1 Å². The molecule has 0 amide bonds. The largest absolute Gasteiger partial charge is 1.00 e. The van der Waals surface area contributed by atoms with Crippen LogP contribution in [0.1, 0.15) is 5.56 Å². The second-order valence-corrected chi connectivity index (χ2v) is 4.47. The van der Waals surface area contributed by atoms with E-state index in [1.54, 1.807) is 23.9 Å². The van der Waals surface area contributed by atoms with Crippen molar-refractivity contribution in [2.75, 3.05) is 5.73 Å². The van der Waals surface area contributed by atoms with Crippen LogP contribution in [0.15, 0.2) is 53.4 Å². The molecule has 0 heterocycles. The summed E-state index contributed by atoms with van der Waals surface area (Å²) in [7, 11) is 0. The third-order valence-corrected chi connectivity index (χ3v) is 3.39. The van der Waals surface area contributed by atoms with E-state index in [4.69, 9.17) is 5.73 Å². The number of hydrogen-bond acceptors (Lipinski definition) is 2. The van der Waals surface area contributed by atoms with Crippen molar-refractivity contribution < 1.29 is 16.8 Å². The number of benzene rings is 2. The maximum Gasteiger partial charge on any atom is 0.123 e. The lowest BCUT2D eigenvalue weighted by molar-refractivity contribution is -0.00000384. The Morgan fingerprint density at radius 3 is 2.29 bits per heavy atom. The molecule has 0 unspecified atom stereocenters. The molecular formula is C13H12ClFNS-. The Morgan fingerprint density at radius 2 is 1.65 bits per heavy atom. The van der Waals surface area contributed by atoms with Crippen molar-refractivity contribution in [3.63, 3.8) is 0 Å². The first-order valence-corrected chi connectivity index (χ1v) is 5.96. The molecule has 0 saturated carbocycles. The molecule has 0 aromatic heterocycles. The van der Waals surface area contributed by atoms with Crippen LogP contribution in [0.4, 0.5) is 10.1 Å².